The summed E-state index contributed by atoms with van der Waals surface area (Å²) >= 11 is 0. The van der Waals surface area contributed by atoms with Crippen molar-refractivity contribution in [2.45, 2.75) is 164 Å². The third-order valence-corrected chi connectivity index (χ3v) is 14.3. The van der Waals surface area contributed by atoms with Gasteiger partial charge in [0, 0.05) is 18.3 Å². The zero-order valence-corrected chi connectivity index (χ0v) is 32.6. The number of ether oxygens (including phenoxy) is 5. The second-order valence-corrected chi connectivity index (χ2v) is 19.3. The predicted octanol–water partition coefficient (Wildman–Crippen LogP) is 5.69. The van der Waals surface area contributed by atoms with E-state index in [2.05, 4.69) is 0 Å². The Morgan fingerprint density at radius 3 is 2.25 bits per heavy atom. The van der Waals surface area contributed by atoms with Crippen molar-refractivity contribution in [1.82, 2.24) is 0 Å². The van der Waals surface area contributed by atoms with Gasteiger partial charge in [0.15, 0.2) is 6.29 Å². The van der Waals surface area contributed by atoms with Crippen molar-refractivity contribution in [3.05, 3.63) is 0 Å². The van der Waals surface area contributed by atoms with Crippen LogP contribution in [0.25, 0.3) is 0 Å². The maximum absolute atomic E-state index is 14.3. The Labute approximate surface area is 322 Å². The molecule has 5 saturated carbocycles. The number of alkyl halides is 2. The van der Waals surface area contributed by atoms with E-state index in [1.165, 1.54) is 6.42 Å². The standard InChI is InChI=1S/C39H58F2O13S/c1-37(17-26-9-11-30(43)28(15-26)19-37)35(45)51-23-32-31(22-50-33(44)12-10-27(21-42)14-24-6-3-2-4-7-24)52-34(53-32)29-16-25-8-5-13-38(18-25,20-29)54-36(46)39(40,41)55(47,48)49/h21,24-32,34,43H,2-20,22-23H2,1H3,(H,47,48,49). The number of esters is 3. The summed E-state index contributed by atoms with van der Waals surface area (Å²) in [5.74, 6) is -3.31. The number of carbonyl (C=O) groups excluding carboxylic acids is 4. The van der Waals surface area contributed by atoms with Crippen LogP contribution in [0.2, 0.25) is 0 Å². The summed E-state index contributed by atoms with van der Waals surface area (Å²) in [6.45, 7) is 1.39. The quantitative estimate of drug-likeness (QED) is 0.0890. The minimum absolute atomic E-state index is 0.0116. The summed E-state index contributed by atoms with van der Waals surface area (Å²) in [6, 6.07) is 0. The lowest BCUT2D eigenvalue weighted by molar-refractivity contribution is -0.202. The number of halogens is 2. The Kier molecular flexibility index (Phi) is 13.3. The smallest absolute Gasteiger partial charge is 0.463 e. The summed E-state index contributed by atoms with van der Waals surface area (Å²) < 4.78 is 89.6. The number of hydrogen-bond donors (Lipinski definition) is 2. The molecule has 13 nitrogen and oxygen atoms in total. The molecule has 55 heavy (non-hydrogen) atoms. The number of aliphatic hydroxyl groups excluding tert-OH is 1. The Balaban J connectivity index is 1.11. The molecule has 0 amide bonds. The van der Waals surface area contributed by atoms with E-state index in [1.54, 1.807) is 0 Å². The van der Waals surface area contributed by atoms with Crippen LogP contribution in [0.1, 0.15) is 129 Å². The first kappa shape index (κ1) is 42.3. The van der Waals surface area contributed by atoms with Crippen molar-refractivity contribution < 1.29 is 69.7 Å². The molecule has 6 rings (SSSR count). The summed E-state index contributed by atoms with van der Waals surface area (Å²) in [6.07, 6.45) is 10.3. The molecule has 11 atom stereocenters. The van der Waals surface area contributed by atoms with Gasteiger partial charge in [-0.05, 0) is 108 Å². The zero-order valence-electron chi connectivity index (χ0n) is 31.7. The summed E-state index contributed by atoms with van der Waals surface area (Å²) in [5.41, 5.74) is -2.25. The summed E-state index contributed by atoms with van der Waals surface area (Å²) in [5, 5.41) is 5.40. The Morgan fingerprint density at radius 2 is 1.56 bits per heavy atom. The number of aliphatic hydroxyl groups is 1. The van der Waals surface area contributed by atoms with Crippen molar-refractivity contribution in [2.24, 2.45) is 40.9 Å². The summed E-state index contributed by atoms with van der Waals surface area (Å²) in [7, 11) is -6.06. The van der Waals surface area contributed by atoms with E-state index in [0.29, 0.717) is 50.4 Å². The molecule has 0 spiro atoms. The van der Waals surface area contributed by atoms with E-state index in [-0.39, 0.29) is 56.7 Å². The van der Waals surface area contributed by atoms with Gasteiger partial charge in [0.1, 0.15) is 37.3 Å². The molecule has 2 N–H and O–H groups in total. The molecule has 16 heteroatoms. The van der Waals surface area contributed by atoms with Crippen LogP contribution in [0, 0.1) is 40.9 Å². The minimum atomic E-state index is -6.06. The second kappa shape index (κ2) is 17.3. The lowest BCUT2D eigenvalue weighted by atomic mass is 9.60. The van der Waals surface area contributed by atoms with Crippen LogP contribution >= 0.6 is 0 Å². The second-order valence-electron chi connectivity index (χ2n) is 17.9. The molecule has 312 valence electrons. The molecule has 1 heterocycles. The average Bonchev–Trinajstić information content (AvgIpc) is 3.55. The van der Waals surface area contributed by atoms with Crippen molar-refractivity contribution in [1.29, 1.82) is 0 Å². The van der Waals surface area contributed by atoms with Gasteiger partial charge >= 0.3 is 33.3 Å². The van der Waals surface area contributed by atoms with Gasteiger partial charge in [-0.15, -0.1) is 0 Å². The SMILES string of the molecule is CC1(C(=O)OCC2OC(C3CC4CCCC(OC(=O)C(F)(F)S(=O)(=O)O)(C4)C3)OC2COC(=O)CCC(C=O)CC2CCCCC2)CC2CCC(O)C(C2)C1. The molecular weight excluding hydrogens is 746 g/mol. The van der Waals surface area contributed by atoms with Gasteiger partial charge in [-0.2, -0.15) is 17.2 Å². The molecule has 0 radical (unpaired) electrons. The van der Waals surface area contributed by atoms with Gasteiger partial charge in [-0.3, -0.25) is 14.1 Å². The fourth-order valence-electron chi connectivity index (χ4n) is 10.8. The number of rotatable bonds is 15. The highest BCUT2D eigenvalue weighted by Gasteiger charge is 2.59. The molecule has 4 bridgehead atoms. The first-order valence-corrected chi connectivity index (χ1v) is 21.8. The van der Waals surface area contributed by atoms with Crippen LogP contribution in [-0.2, 0) is 53.0 Å². The largest absolute Gasteiger partial charge is 0.465 e. The normalized spacial score (nSPS) is 37.4. The Bertz CT molecular complexity index is 1500. The average molecular weight is 805 g/mol. The molecule has 6 aliphatic rings. The highest BCUT2D eigenvalue weighted by atomic mass is 32.2. The van der Waals surface area contributed by atoms with Gasteiger partial charge < -0.3 is 33.6 Å². The van der Waals surface area contributed by atoms with Gasteiger partial charge in [-0.1, -0.05) is 38.5 Å². The van der Waals surface area contributed by atoms with Crippen LogP contribution in [0.4, 0.5) is 8.78 Å². The molecule has 0 aromatic rings. The van der Waals surface area contributed by atoms with Gasteiger partial charge in [0.25, 0.3) is 0 Å². The van der Waals surface area contributed by atoms with Crippen LogP contribution in [0.15, 0.2) is 0 Å². The number of aldehydes is 1. The van der Waals surface area contributed by atoms with Crippen LogP contribution < -0.4 is 0 Å². The van der Waals surface area contributed by atoms with Crippen molar-refractivity contribution in [2.75, 3.05) is 13.2 Å². The lowest BCUT2D eigenvalue weighted by Crippen LogP contribution is -2.51. The molecule has 5 aliphatic carbocycles. The maximum Gasteiger partial charge on any atom is 0.465 e. The first-order valence-electron chi connectivity index (χ1n) is 20.3. The van der Waals surface area contributed by atoms with E-state index in [9.17, 15) is 41.5 Å². The van der Waals surface area contributed by atoms with Crippen molar-refractivity contribution in [3.63, 3.8) is 0 Å². The van der Waals surface area contributed by atoms with E-state index < -0.39 is 74.8 Å². The first-order chi connectivity index (χ1) is 26.0. The molecular formula is C39H58F2O13S. The van der Waals surface area contributed by atoms with Gasteiger partial charge in [-0.25, -0.2) is 4.79 Å². The number of hydrogen-bond acceptors (Lipinski definition) is 12. The fourth-order valence-corrected chi connectivity index (χ4v) is 11.0. The third kappa shape index (κ3) is 10.1. The topological polar surface area (TPSA) is 189 Å². The Morgan fingerprint density at radius 1 is 0.891 bits per heavy atom. The molecule has 0 aromatic carbocycles. The highest BCUT2D eigenvalue weighted by Crippen LogP contribution is 2.52. The molecule has 0 aromatic heterocycles. The van der Waals surface area contributed by atoms with Crippen LogP contribution in [-0.4, -0.2) is 90.9 Å². The van der Waals surface area contributed by atoms with E-state index in [4.69, 9.17) is 28.2 Å². The Hall–Kier alpha value is -2.27. The van der Waals surface area contributed by atoms with Crippen LogP contribution in [0.3, 0.4) is 0 Å². The predicted molar refractivity (Wildman–Crippen MR) is 190 cm³/mol. The van der Waals surface area contributed by atoms with Crippen LogP contribution in [0.5, 0.6) is 0 Å². The molecule has 1 saturated heterocycles. The summed E-state index contributed by atoms with van der Waals surface area (Å²) in [4.78, 5) is 50.9. The number of fused-ring (bicyclic) bond motifs is 4. The van der Waals surface area contributed by atoms with E-state index in [1.807, 2.05) is 6.92 Å². The van der Waals surface area contributed by atoms with Gasteiger partial charge in [0.2, 0.25) is 0 Å². The van der Waals surface area contributed by atoms with E-state index in [0.717, 1.165) is 57.7 Å². The van der Waals surface area contributed by atoms with Crippen molar-refractivity contribution >= 4 is 34.3 Å². The lowest BCUT2D eigenvalue weighted by Gasteiger charge is -2.48. The molecule has 6 fully saturated rings. The minimum Gasteiger partial charge on any atom is -0.463 e. The zero-order chi connectivity index (χ0) is 39.6. The van der Waals surface area contributed by atoms with E-state index >= 15 is 0 Å². The monoisotopic (exact) mass is 804 g/mol. The fraction of sp³-hybridized carbons (Fsp3) is 0.897. The third-order valence-electron chi connectivity index (χ3n) is 13.5. The molecule has 1 aliphatic heterocycles. The highest BCUT2D eigenvalue weighted by molar-refractivity contribution is 7.87. The number of carbonyl (C=O) groups is 4. The molecule has 11 unspecified atom stereocenters. The maximum atomic E-state index is 14.3. The van der Waals surface area contributed by atoms with Gasteiger partial charge in [0.05, 0.1) is 11.5 Å². The van der Waals surface area contributed by atoms with Crippen molar-refractivity contribution in [3.8, 4) is 0 Å².